The molecule has 2 aromatic rings. The van der Waals surface area contributed by atoms with E-state index in [4.69, 9.17) is 14.2 Å². The normalized spacial score (nSPS) is 10.7. The Morgan fingerprint density at radius 2 is 1.93 bits per heavy atom. The fourth-order valence-electron chi connectivity index (χ4n) is 2.30. The van der Waals surface area contributed by atoms with Crippen molar-refractivity contribution < 1.29 is 19.0 Å². The summed E-state index contributed by atoms with van der Waals surface area (Å²) < 4.78 is 16.6. The van der Waals surface area contributed by atoms with E-state index in [1.807, 2.05) is 13.0 Å². The number of nitrogens with one attached hydrogen (secondary N) is 1. The van der Waals surface area contributed by atoms with Gasteiger partial charge in [-0.1, -0.05) is 0 Å². The summed E-state index contributed by atoms with van der Waals surface area (Å²) in [7, 11) is 3.09. The molecule has 2 aromatic carbocycles. The van der Waals surface area contributed by atoms with Crippen LogP contribution in [-0.2, 0) is 4.79 Å². The Bertz CT molecular complexity index is 886. The Kier molecular flexibility index (Phi) is 7.26. The molecule has 0 fully saturated rings. The summed E-state index contributed by atoms with van der Waals surface area (Å²) in [5.74, 6) is 1.24. The van der Waals surface area contributed by atoms with Crippen molar-refractivity contribution in [3.05, 3.63) is 52.0 Å². The van der Waals surface area contributed by atoms with Gasteiger partial charge < -0.3 is 19.5 Å². The number of ether oxygens (including phenoxy) is 3. The minimum Gasteiger partial charge on any atom is -0.497 e. The maximum absolute atomic E-state index is 12.4. The predicted octanol–water partition coefficient (Wildman–Crippen LogP) is 4.41. The van der Waals surface area contributed by atoms with Gasteiger partial charge in [-0.3, -0.25) is 4.79 Å². The van der Waals surface area contributed by atoms with E-state index in [2.05, 4.69) is 21.2 Å². The third kappa shape index (κ3) is 5.25. The molecular formula is C20H19BrN2O4. The molecule has 0 saturated carbocycles. The molecule has 0 spiro atoms. The van der Waals surface area contributed by atoms with Crippen LogP contribution in [0.2, 0.25) is 0 Å². The molecule has 0 radical (unpaired) electrons. The smallest absolute Gasteiger partial charge is 0.266 e. The van der Waals surface area contributed by atoms with E-state index >= 15 is 0 Å². The van der Waals surface area contributed by atoms with Crippen molar-refractivity contribution >= 4 is 33.6 Å². The van der Waals surface area contributed by atoms with E-state index < -0.39 is 5.91 Å². The average molecular weight is 431 g/mol. The Hall–Kier alpha value is -2.98. The van der Waals surface area contributed by atoms with Crippen LogP contribution in [0, 0.1) is 11.3 Å². The number of hydrogen-bond donors (Lipinski definition) is 1. The van der Waals surface area contributed by atoms with Crippen LogP contribution in [-0.4, -0.2) is 26.7 Å². The molecule has 1 N–H and O–H groups in total. The van der Waals surface area contributed by atoms with E-state index in [-0.39, 0.29) is 5.57 Å². The van der Waals surface area contributed by atoms with Gasteiger partial charge in [0.2, 0.25) is 0 Å². The lowest BCUT2D eigenvalue weighted by atomic mass is 10.1. The molecule has 0 aliphatic rings. The fourth-order valence-corrected chi connectivity index (χ4v) is 2.87. The highest BCUT2D eigenvalue weighted by atomic mass is 79.9. The summed E-state index contributed by atoms with van der Waals surface area (Å²) in [4.78, 5) is 12.4. The minimum atomic E-state index is -0.508. The number of halogens is 1. The third-order valence-electron chi connectivity index (χ3n) is 3.56. The number of anilines is 1. The maximum atomic E-state index is 12.4. The summed E-state index contributed by atoms with van der Waals surface area (Å²) >= 11 is 3.43. The van der Waals surface area contributed by atoms with Crippen molar-refractivity contribution in [3.63, 3.8) is 0 Å². The maximum Gasteiger partial charge on any atom is 0.266 e. The van der Waals surface area contributed by atoms with E-state index in [0.717, 1.165) is 0 Å². The van der Waals surface area contributed by atoms with Crippen molar-refractivity contribution in [2.24, 2.45) is 0 Å². The number of nitriles is 1. The van der Waals surface area contributed by atoms with E-state index in [1.165, 1.54) is 13.2 Å². The molecular weight excluding hydrogens is 412 g/mol. The molecule has 0 saturated heterocycles. The van der Waals surface area contributed by atoms with E-state index in [0.29, 0.717) is 39.6 Å². The predicted molar refractivity (Wildman–Crippen MR) is 107 cm³/mol. The molecule has 0 atom stereocenters. The molecule has 7 heteroatoms. The summed E-state index contributed by atoms with van der Waals surface area (Å²) in [6.45, 7) is 2.36. The highest BCUT2D eigenvalue weighted by Gasteiger charge is 2.14. The topological polar surface area (TPSA) is 80.6 Å². The van der Waals surface area contributed by atoms with Crippen LogP contribution in [0.3, 0.4) is 0 Å². The van der Waals surface area contributed by atoms with Crippen LogP contribution >= 0.6 is 15.9 Å². The molecule has 0 heterocycles. The third-order valence-corrected chi connectivity index (χ3v) is 4.15. The zero-order valence-corrected chi connectivity index (χ0v) is 16.8. The second-order valence-electron chi connectivity index (χ2n) is 5.32. The number of nitrogens with zero attached hydrogens (tertiary/aromatic N) is 1. The molecule has 0 bridgehead atoms. The lowest BCUT2D eigenvalue weighted by Gasteiger charge is -2.12. The average Bonchev–Trinajstić information content (AvgIpc) is 2.68. The molecule has 140 valence electrons. The highest BCUT2D eigenvalue weighted by molar-refractivity contribution is 9.10. The molecule has 0 aromatic heterocycles. The summed E-state index contributed by atoms with van der Waals surface area (Å²) in [5.41, 5.74) is 1.15. The van der Waals surface area contributed by atoms with Crippen molar-refractivity contribution in [1.82, 2.24) is 0 Å². The van der Waals surface area contributed by atoms with Gasteiger partial charge in [-0.15, -0.1) is 0 Å². The van der Waals surface area contributed by atoms with Gasteiger partial charge in [0, 0.05) is 5.69 Å². The lowest BCUT2D eigenvalue weighted by Crippen LogP contribution is -2.13. The van der Waals surface area contributed by atoms with Crippen molar-refractivity contribution in [2.75, 3.05) is 26.1 Å². The Morgan fingerprint density at radius 1 is 1.22 bits per heavy atom. The number of hydrogen-bond acceptors (Lipinski definition) is 5. The summed E-state index contributed by atoms with van der Waals surface area (Å²) in [6, 6.07) is 12.2. The number of rotatable bonds is 7. The highest BCUT2D eigenvalue weighted by Crippen LogP contribution is 2.37. The van der Waals surface area contributed by atoms with Gasteiger partial charge >= 0.3 is 0 Å². The molecule has 2 rings (SSSR count). The zero-order valence-electron chi connectivity index (χ0n) is 15.2. The molecule has 0 unspecified atom stereocenters. The number of amides is 1. The second-order valence-corrected chi connectivity index (χ2v) is 6.17. The minimum absolute atomic E-state index is 0.0380. The van der Waals surface area contributed by atoms with Crippen LogP contribution in [0.15, 0.2) is 46.4 Å². The monoisotopic (exact) mass is 430 g/mol. The lowest BCUT2D eigenvalue weighted by molar-refractivity contribution is -0.112. The first kappa shape index (κ1) is 20.3. The molecule has 0 aliphatic heterocycles. The van der Waals surface area contributed by atoms with Gasteiger partial charge in [0.05, 0.1) is 25.3 Å². The fraction of sp³-hybridized carbons (Fsp3) is 0.200. The van der Waals surface area contributed by atoms with Crippen LogP contribution in [0.1, 0.15) is 12.5 Å². The van der Waals surface area contributed by atoms with Crippen LogP contribution in [0.4, 0.5) is 5.69 Å². The largest absolute Gasteiger partial charge is 0.497 e. The van der Waals surface area contributed by atoms with Crippen LogP contribution < -0.4 is 19.5 Å². The van der Waals surface area contributed by atoms with Crippen LogP contribution in [0.25, 0.3) is 6.08 Å². The number of methoxy groups -OCH3 is 2. The molecule has 1 amide bonds. The van der Waals surface area contributed by atoms with Gasteiger partial charge in [-0.05, 0) is 70.9 Å². The second kappa shape index (κ2) is 9.64. The number of carbonyl (C=O) groups is 1. The van der Waals surface area contributed by atoms with Crippen molar-refractivity contribution in [3.8, 4) is 23.3 Å². The van der Waals surface area contributed by atoms with Crippen molar-refractivity contribution in [2.45, 2.75) is 6.92 Å². The summed E-state index contributed by atoms with van der Waals surface area (Å²) in [6.07, 6.45) is 1.49. The van der Waals surface area contributed by atoms with Gasteiger partial charge in [-0.25, -0.2) is 0 Å². The van der Waals surface area contributed by atoms with Crippen LogP contribution in [0.5, 0.6) is 17.2 Å². The first-order chi connectivity index (χ1) is 13.0. The first-order valence-electron chi connectivity index (χ1n) is 8.09. The SMILES string of the molecule is CCOc1c(Br)cc(/C=C(\C#N)C(=O)Nc2ccc(OC)cc2)cc1OC. The molecule has 27 heavy (non-hydrogen) atoms. The Morgan fingerprint density at radius 3 is 2.48 bits per heavy atom. The van der Waals surface area contributed by atoms with Gasteiger partial charge in [0.15, 0.2) is 11.5 Å². The van der Waals surface area contributed by atoms with Gasteiger partial charge in [0.25, 0.3) is 5.91 Å². The standard InChI is InChI=1S/C20H19BrN2O4/c1-4-27-19-17(21)10-13(11-18(19)26-3)9-14(12-22)20(24)23-15-5-7-16(25-2)8-6-15/h5-11H,4H2,1-3H3,(H,23,24)/b14-9+. The number of benzene rings is 2. The van der Waals surface area contributed by atoms with Gasteiger partial charge in [0.1, 0.15) is 17.4 Å². The Balaban J connectivity index is 2.27. The van der Waals surface area contributed by atoms with Crippen molar-refractivity contribution in [1.29, 1.82) is 5.26 Å². The van der Waals surface area contributed by atoms with Gasteiger partial charge in [-0.2, -0.15) is 5.26 Å². The zero-order chi connectivity index (χ0) is 19.8. The molecule has 6 nitrogen and oxygen atoms in total. The summed E-state index contributed by atoms with van der Waals surface area (Å²) in [5, 5.41) is 12.1. The first-order valence-corrected chi connectivity index (χ1v) is 8.89. The quantitative estimate of drug-likeness (QED) is 0.519. The molecule has 0 aliphatic carbocycles. The van der Waals surface area contributed by atoms with E-state index in [1.54, 1.807) is 43.5 Å². The number of carbonyl (C=O) groups excluding carboxylic acids is 1. The Labute approximate surface area is 166 Å². The van der Waals surface area contributed by atoms with E-state index in [9.17, 15) is 10.1 Å².